The first kappa shape index (κ1) is 14.2. The van der Waals surface area contributed by atoms with Gasteiger partial charge in [-0.05, 0) is 18.6 Å². The molecule has 0 spiro atoms. The first-order valence-corrected chi connectivity index (χ1v) is 6.75. The van der Waals surface area contributed by atoms with Gasteiger partial charge in [-0.2, -0.15) is 18.3 Å². The van der Waals surface area contributed by atoms with Crippen LogP contribution in [0.2, 0.25) is 0 Å². The molecule has 1 aliphatic heterocycles. The fourth-order valence-electron chi connectivity index (χ4n) is 2.53. The third-order valence-corrected chi connectivity index (χ3v) is 3.58. The molecule has 21 heavy (non-hydrogen) atoms. The third kappa shape index (κ3) is 2.46. The molecule has 0 amide bonds. The molecule has 3 heterocycles. The molecule has 0 aromatic carbocycles. The molecule has 1 fully saturated rings. The molecule has 0 bridgehead atoms. The van der Waals surface area contributed by atoms with E-state index in [4.69, 9.17) is 9.47 Å². The largest absolute Gasteiger partial charge is 0.481 e. The van der Waals surface area contributed by atoms with Crippen LogP contribution >= 0.6 is 0 Å². The average molecular weight is 300 g/mol. The van der Waals surface area contributed by atoms with Gasteiger partial charge < -0.3 is 9.47 Å². The van der Waals surface area contributed by atoms with Gasteiger partial charge in [-0.15, -0.1) is 0 Å². The molecular formula is C14H15F3N2O2. The predicted molar refractivity (Wildman–Crippen MR) is 69.3 cm³/mol. The van der Waals surface area contributed by atoms with E-state index in [1.165, 1.54) is 11.6 Å². The van der Waals surface area contributed by atoms with E-state index < -0.39 is 11.9 Å². The third-order valence-electron chi connectivity index (χ3n) is 3.58. The van der Waals surface area contributed by atoms with Crippen molar-refractivity contribution >= 4 is 5.52 Å². The van der Waals surface area contributed by atoms with Crippen molar-refractivity contribution in [3.8, 4) is 5.88 Å². The van der Waals surface area contributed by atoms with Gasteiger partial charge in [0.1, 0.15) is 6.10 Å². The maximum atomic E-state index is 12.9. The van der Waals surface area contributed by atoms with Gasteiger partial charge >= 0.3 is 6.18 Å². The van der Waals surface area contributed by atoms with Crippen molar-refractivity contribution in [3.05, 3.63) is 29.5 Å². The van der Waals surface area contributed by atoms with E-state index in [9.17, 15) is 13.2 Å². The molecule has 4 nitrogen and oxygen atoms in total. The number of alkyl halides is 3. The topological polar surface area (TPSA) is 39.1 Å². The molecule has 0 N–H and O–H groups in total. The van der Waals surface area contributed by atoms with E-state index in [2.05, 4.69) is 5.10 Å². The van der Waals surface area contributed by atoms with E-state index in [0.717, 1.165) is 24.5 Å². The van der Waals surface area contributed by atoms with Crippen molar-refractivity contribution in [1.29, 1.82) is 0 Å². The lowest BCUT2D eigenvalue weighted by atomic mass is 10.1. The van der Waals surface area contributed by atoms with Crippen LogP contribution in [0.15, 0.2) is 18.2 Å². The number of fused-ring (bicyclic) bond motifs is 1. The number of hydrogen-bond acceptors (Lipinski definition) is 3. The molecule has 2 atom stereocenters. The van der Waals surface area contributed by atoms with Crippen LogP contribution in [0, 0.1) is 0 Å². The second kappa shape index (κ2) is 4.91. The minimum absolute atomic E-state index is 0.0800. The van der Waals surface area contributed by atoms with Crippen molar-refractivity contribution < 1.29 is 22.6 Å². The Morgan fingerprint density at radius 2 is 2.14 bits per heavy atom. The summed E-state index contributed by atoms with van der Waals surface area (Å²) < 4.78 is 50.4. The average Bonchev–Trinajstić information content (AvgIpc) is 3.01. The lowest BCUT2D eigenvalue weighted by Crippen LogP contribution is -2.06. The normalized spacial score (nSPS) is 21.8. The second-order valence-corrected chi connectivity index (χ2v) is 5.04. The fraction of sp³-hybridized carbons (Fsp3) is 0.500. The minimum Gasteiger partial charge on any atom is -0.481 e. The van der Waals surface area contributed by atoms with Gasteiger partial charge in [0.15, 0.2) is 5.69 Å². The maximum Gasteiger partial charge on any atom is 0.435 e. The summed E-state index contributed by atoms with van der Waals surface area (Å²) in [5.41, 5.74) is 0.170. The standard InChI is InChI=1S/C14H15F3N2O2/c1-3-4-10-13(21-10)8-5-6-12(20-2)19-9(8)7-11(18-19)14(15,16)17/h5-7,10,13H,3-4H2,1-2H3. The molecule has 3 rings (SSSR count). The van der Waals surface area contributed by atoms with Crippen molar-refractivity contribution in [2.75, 3.05) is 7.11 Å². The molecule has 2 aromatic heterocycles. The highest BCUT2D eigenvalue weighted by atomic mass is 19.4. The molecule has 114 valence electrons. The van der Waals surface area contributed by atoms with Crippen LogP contribution in [0.4, 0.5) is 13.2 Å². The van der Waals surface area contributed by atoms with E-state index >= 15 is 0 Å². The Bertz CT molecular complexity index is 666. The number of pyridine rings is 1. The molecule has 2 aromatic rings. The minimum atomic E-state index is -4.48. The molecule has 7 heteroatoms. The lowest BCUT2D eigenvalue weighted by Gasteiger charge is -2.06. The number of aromatic nitrogens is 2. The highest BCUT2D eigenvalue weighted by molar-refractivity contribution is 5.59. The molecule has 0 radical (unpaired) electrons. The lowest BCUT2D eigenvalue weighted by molar-refractivity contribution is -0.141. The van der Waals surface area contributed by atoms with Crippen LogP contribution in [0.3, 0.4) is 0 Å². The quantitative estimate of drug-likeness (QED) is 0.810. The monoisotopic (exact) mass is 300 g/mol. The Morgan fingerprint density at radius 1 is 1.38 bits per heavy atom. The first-order valence-electron chi connectivity index (χ1n) is 6.75. The van der Waals surface area contributed by atoms with E-state index in [-0.39, 0.29) is 18.1 Å². The SMILES string of the molecule is CCCC1OC1c1ccc(OC)n2nc(C(F)(F)F)cc12. The summed E-state index contributed by atoms with van der Waals surface area (Å²) in [6.45, 7) is 2.04. The molecule has 0 aliphatic carbocycles. The smallest absolute Gasteiger partial charge is 0.435 e. The number of epoxide rings is 1. The zero-order chi connectivity index (χ0) is 15.2. The van der Waals surface area contributed by atoms with Gasteiger partial charge in [-0.25, -0.2) is 4.52 Å². The van der Waals surface area contributed by atoms with Crippen LogP contribution in [0.25, 0.3) is 5.52 Å². The predicted octanol–water partition coefficient (Wildman–Crippen LogP) is 3.60. The number of halogens is 3. The fourth-order valence-corrected chi connectivity index (χ4v) is 2.53. The van der Waals surface area contributed by atoms with Crippen molar-refractivity contribution in [1.82, 2.24) is 9.61 Å². The van der Waals surface area contributed by atoms with Gasteiger partial charge in [-0.3, -0.25) is 0 Å². The number of rotatable bonds is 4. The Labute approximate surface area is 119 Å². The molecule has 0 saturated carbocycles. The van der Waals surface area contributed by atoms with Gasteiger partial charge in [0, 0.05) is 11.6 Å². The number of nitrogens with zero attached hydrogens (tertiary/aromatic N) is 2. The summed E-state index contributed by atoms with van der Waals surface area (Å²) in [6, 6.07) is 4.40. The van der Waals surface area contributed by atoms with Gasteiger partial charge in [0.25, 0.3) is 0 Å². The van der Waals surface area contributed by atoms with Crippen LogP contribution in [0.5, 0.6) is 5.88 Å². The van der Waals surface area contributed by atoms with Gasteiger partial charge in [0.05, 0.1) is 18.7 Å². The van der Waals surface area contributed by atoms with Gasteiger partial charge in [-0.1, -0.05) is 13.3 Å². The molecule has 1 saturated heterocycles. The number of ether oxygens (including phenoxy) is 2. The van der Waals surface area contributed by atoms with E-state index in [0.29, 0.717) is 5.52 Å². The highest BCUT2D eigenvalue weighted by Crippen LogP contribution is 2.44. The summed E-state index contributed by atoms with van der Waals surface area (Å²) in [5, 5.41) is 3.61. The molecular weight excluding hydrogens is 285 g/mol. The summed E-state index contributed by atoms with van der Waals surface area (Å²) >= 11 is 0. The first-order chi connectivity index (χ1) is 9.95. The van der Waals surface area contributed by atoms with Crippen LogP contribution in [-0.4, -0.2) is 22.8 Å². The Kier molecular flexibility index (Phi) is 3.32. The Balaban J connectivity index is 2.08. The van der Waals surface area contributed by atoms with E-state index in [1.807, 2.05) is 6.92 Å². The van der Waals surface area contributed by atoms with Crippen molar-refractivity contribution in [3.63, 3.8) is 0 Å². The maximum absolute atomic E-state index is 12.9. The summed E-state index contributed by atoms with van der Waals surface area (Å²) in [6.07, 6.45) is -2.70. The molecule has 2 unspecified atom stereocenters. The highest BCUT2D eigenvalue weighted by Gasteiger charge is 2.42. The van der Waals surface area contributed by atoms with Crippen molar-refractivity contribution in [2.45, 2.75) is 38.1 Å². The number of hydrogen-bond donors (Lipinski definition) is 0. The van der Waals surface area contributed by atoms with Crippen LogP contribution in [-0.2, 0) is 10.9 Å². The Hall–Kier alpha value is -1.76. The zero-order valence-electron chi connectivity index (χ0n) is 11.6. The molecule has 1 aliphatic rings. The second-order valence-electron chi connectivity index (χ2n) is 5.04. The zero-order valence-corrected chi connectivity index (χ0v) is 11.6. The van der Waals surface area contributed by atoms with Crippen LogP contribution < -0.4 is 4.74 Å². The summed E-state index contributed by atoms with van der Waals surface area (Å²) in [5.74, 6) is 0.261. The Morgan fingerprint density at radius 3 is 2.76 bits per heavy atom. The van der Waals surface area contributed by atoms with Crippen molar-refractivity contribution in [2.24, 2.45) is 0 Å². The number of methoxy groups -OCH3 is 1. The van der Waals surface area contributed by atoms with E-state index in [1.54, 1.807) is 12.1 Å². The van der Waals surface area contributed by atoms with Gasteiger partial charge in [0.2, 0.25) is 5.88 Å². The summed E-state index contributed by atoms with van der Waals surface area (Å²) in [4.78, 5) is 0. The summed E-state index contributed by atoms with van der Waals surface area (Å²) in [7, 11) is 1.40. The van der Waals surface area contributed by atoms with Crippen LogP contribution in [0.1, 0.15) is 37.1 Å².